The smallest absolute Gasteiger partial charge is 0.296 e. The third kappa shape index (κ3) is 2.52. The maximum Gasteiger partial charge on any atom is 0.296 e. The Bertz CT molecular complexity index is 637. The minimum atomic E-state index is -3.46. The predicted octanol–water partition coefficient (Wildman–Crippen LogP) is 2.50. The largest absolute Gasteiger partial charge is 0.475 e. The van der Waals surface area contributed by atoms with Crippen molar-refractivity contribution in [3.05, 3.63) is 35.6 Å². The van der Waals surface area contributed by atoms with E-state index in [1.165, 1.54) is 18.2 Å². The van der Waals surface area contributed by atoms with E-state index in [1.807, 2.05) is 0 Å². The van der Waals surface area contributed by atoms with Crippen LogP contribution in [0.15, 0.2) is 29.3 Å². The average Bonchev–Trinajstić information content (AvgIpc) is 2.92. The topological polar surface area (TPSA) is 51.1 Å². The highest BCUT2D eigenvalue weighted by molar-refractivity contribution is 5.75. The van der Waals surface area contributed by atoms with Crippen LogP contribution in [-0.2, 0) is 15.0 Å². The second-order valence-corrected chi connectivity index (χ2v) is 6.11. The van der Waals surface area contributed by atoms with Gasteiger partial charge in [-0.3, -0.25) is 0 Å². The lowest BCUT2D eigenvalue weighted by molar-refractivity contribution is -0.161. The Balaban J connectivity index is 2.13. The summed E-state index contributed by atoms with van der Waals surface area (Å²) in [7, 11) is 0. The van der Waals surface area contributed by atoms with E-state index in [0.29, 0.717) is 5.90 Å². The van der Waals surface area contributed by atoms with E-state index in [1.54, 1.807) is 19.9 Å². The minimum absolute atomic E-state index is 0.0537. The predicted molar refractivity (Wildman–Crippen MR) is 77.0 cm³/mol. The van der Waals surface area contributed by atoms with Crippen molar-refractivity contribution in [2.75, 3.05) is 13.2 Å². The number of fused-ring (bicyclic) bond motifs is 1. The van der Waals surface area contributed by atoms with Gasteiger partial charge in [0.15, 0.2) is 5.90 Å². The van der Waals surface area contributed by atoms with E-state index in [4.69, 9.17) is 14.6 Å². The van der Waals surface area contributed by atoms with Crippen molar-refractivity contribution in [1.29, 1.82) is 0 Å². The molecule has 1 fully saturated rings. The summed E-state index contributed by atoms with van der Waals surface area (Å²) in [5.41, 5.74) is -1.06. The highest BCUT2D eigenvalue weighted by Crippen LogP contribution is 2.49. The summed E-state index contributed by atoms with van der Waals surface area (Å²) in [5, 5.41) is 9.01. The summed E-state index contributed by atoms with van der Waals surface area (Å²) in [6.07, 6.45) is -2.27. The number of aliphatic hydroxyl groups is 1. The number of nitrogens with zero attached hydrogens (tertiary/aromatic N) is 1. The first kappa shape index (κ1) is 16.3. The summed E-state index contributed by atoms with van der Waals surface area (Å²) >= 11 is 0. The summed E-state index contributed by atoms with van der Waals surface area (Å²) in [6.45, 7) is 1.80. The highest BCUT2D eigenvalue weighted by Gasteiger charge is 2.61. The van der Waals surface area contributed by atoms with Crippen LogP contribution in [-0.4, -0.2) is 42.3 Å². The van der Waals surface area contributed by atoms with Crippen molar-refractivity contribution in [1.82, 2.24) is 0 Å². The van der Waals surface area contributed by atoms with Crippen LogP contribution in [0.2, 0.25) is 0 Å². The Morgan fingerprint density at radius 1 is 1.39 bits per heavy atom. The molecule has 0 aliphatic carbocycles. The van der Waals surface area contributed by atoms with E-state index in [0.717, 1.165) is 0 Å². The first-order valence-corrected chi connectivity index (χ1v) is 7.38. The lowest BCUT2D eigenvalue weighted by Crippen LogP contribution is -2.53. The number of rotatable bonds is 3. The van der Waals surface area contributed by atoms with E-state index in [2.05, 4.69) is 4.99 Å². The number of alkyl halides is 2. The van der Waals surface area contributed by atoms with Gasteiger partial charge in [-0.25, -0.2) is 18.2 Å². The fourth-order valence-electron chi connectivity index (χ4n) is 3.60. The molecule has 0 radical (unpaired) electrons. The van der Waals surface area contributed by atoms with Gasteiger partial charge >= 0.3 is 0 Å². The molecule has 3 rings (SSSR count). The Hall–Kier alpha value is -1.60. The first-order chi connectivity index (χ1) is 10.8. The number of hydrogen-bond donors (Lipinski definition) is 1. The molecule has 2 aliphatic rings. The number of ether oxygens (including phenoxy) is 2. The fraction of sp³-hybridized carbons (Fsp3) is 0.562. The third-order valence-corrected chi connectivity index (χ3v) is 4.57. The Morgan fingerprint density at radius 3 is 2.74 bits per heavy atom. The molecule has 0 saturated carbocycles. The number of halogens is 3. The van der Waals surface area contributed by atoms with Crippen molar-refractivity contribution in [3.8, 4) is 0 Å². The van der Waals surface area contributed by atoms with Crippen molar-refractivity contribution in [2.24, 2.45) is 10.9 Å². The van der Waals surface area contributed by atoms with Gasteiger partial charge in [0.25, 0.3) is 5.92 Å². The molecule has 0 spiro atoms. The van der Waals surface area contributed by atoms with Crippen LogP contribution >= 0.6 is 0 Å². The van der Waals surface area contributed by atoms with Gasteiger partial charge in [-0.1, -0.05) is 18.2 Å². The number of aliphatic imine (C=N–C) groups is 1. The van der Waals surface area contributed by atoms with Crippen molar-refractivity contribution < 1.29 is 27.8 Å². The number of hydrogen-bond acceptors (Lipinski definition) is 4. The van der Waals surface area contributed by atoms with Gasteiger partial charge in [-0.2, -0.15) is 0 Å². The number of aliphatic hydroxyl groups excluding tert-OH is 1. The molecule has 0 aromatic heterocycles. The second-order valence-electron chi connectivity index (χ2n) is 6.11. The molecular formula is C16H18F3NO3. The van der Waals surface area contributed by atoms with Gasteiger partial charge in [-0.15, -0.1) is 0 Å². The quantitative estimate of drug-likeness (QED) is 0.927. The van der Waals surface area contributed by atoms with E-state index in [-0.39, 0.29) is 12.2 Å². The molecule has 4 nitrogen and oxygen atoms in total. The minimum Gasteiger partial charge on any atom is -0.475 e. The van der Waals surface area contributed by atoms with Crippen LogP contribution in [0.5, 0.6) is 0 Å². The van der Waals surface area contributed by atoms with E-state index >= 15 is 0 Å². The summed E-state index contributed by atoms with van der Waals surface area (Å²) in [5.74, 6) is -4.60. The Labute approximate surface area is 131 Å². The molecule has 4 atom stereocenters. The standard InChI is InChI=1S/C16H18F3NO3/c1-9-20-15(2,10-5-3-4-6-11(10)17)13-12(23-9)7-22-14(13)16(18,19)8-21/h3-6,12-14,21H,7-8H2,1-2H3/t12-,13-,14-,15-/m1/s1. The lowest BCUT2D eigenvalue weighted by Gasteiger charge is -2.42. The van der Waals surface area contributed by atoms with Crippen LogP contribution in [0.3, 0.4) is 0 Å². The van der Waals surface area contributed by atoms with Crippen molar-refractivity contribution >= 4 is 5.90 Å². The molecule has 1 N–H and O–H groups in total. The lowest BCUT2D eigenvalue weighted by atomic mass is 9.73. The molecule has 1 aromatic carbocycles. The van der Waals surface area contributed by atoms with Crippen LogP contribution in [0.25, 0.3) is 0 Å². The molecule has 7 heteroatoms. The monoisotopic (exact) mass is 329 g/mol. The van der Waals surface area contributed by atoms with Crippen LogP contribution < -0.4 is 0 Å². The molecule has 126 valence electrons. The SMILES string of the molecule is CC1=N[C@](C)(c2ccccc2F)[C@H]2[C@H](C(F)(F)CO)OC[C@H]2O1. The van der Waals surface area contributed by atoms with Gasteiger partial charge in [0.1, 0.15) is 24.6 Å². The molecule has 2 aliphatic heterocycles. The third-order valence-electron chi connectivity index (χ3n) is 4.57. The average molecular weight is 329 g/mol. The molecule has 1 saturated heterocycles. The van der Waals surface area contributed by atoms with Gasteiger partial charge in [0, 0.05) is 12.5 Å². The molecule has 1 aromatic rings. The number of benzene rings is 1. The Morgan fingerprint density at radius 2 is 2.09 bits per heavy atom. The maximum absolute atomic E-state index is 14.3. The highest BCUT2D eigenvalue weighted by atomic mass is 19.3. The normalized spacial score (nSPS) is 33.8. The molecule has 0 bridgehead atoms. The molecule has 0 unspecified atom stereocenters. The maximum atomic E-state index is 14.3. The van der Waals surface area contributed by atoms with Gasteiger partial charge < -0.3 is 14.6 Å². The molecular weight excluding hydrogens is 311 g/mol. The zero-order valence-corrected chi connectivity index (χ0v) is 12.8. The van der Waals surface area contributed by atoms with Crippen LogP contribution in [0.1, 0.15) is 19.4 Å². The van der Waals surface area contributed by atoms with E-state index < -0.39 is 42.0 Å². The molecule has 23 heavy (non-hydrogen) atoms. The van der Waals surface area contributed by atoms with Crippen molar-refractivity contribution in [2.45, 2.75) is 37.5 Å². The summed E-state index contributed by atoms with van der Waals surface area (Å²) in [6, 6.07) is 5.96. The summed E-state index contributed by atoms with van der Waals surface area (Å²) in [4.78, 5) is 4.35. The fourth-order valence-corrected chi connectivity index (χ4v) is 3.60. The van der Waals surface area contributed by atoms with Gasteiger partial charge in [-0.05, 0) is 13.0 Å². The zero-order chi connectivity index (χ0) is 16.8. The van der Waals surface area contributed by atoms with Crippen LogP contribution in [0, 0.1) is 11.7 Å². The van der Waals surface area contributed by atoms with Crippen LogP contribution in [0.4, 0.5) is 13.2 Å². The van der Waals surface area contributed by atoms with Gasteiger partial charge in [0.05, 0.1) is 18.1 Å². The second kappa shape index (κ2) is 5.49. The van der Waals surface area contributed by atoms with E-state index in [9.17, 15) is 13.2 Å². The Kier molecular flexibility index (Phi) is 3.88. The molecule has 2 heterocycles. The first-order valence-electron chi connectivity index (χ1n) is 7.38. The summed E-state index contributed by atoms with van der Waals surface area (Å²) < 4.78 is 53.3. The molecule has 0 amide bonds. The van der Waals surface area contributed by atoms with Gasteiger partial charge in [0.2, 0.25) is 0 Å². The van der Waals surface area contributed by atoms with Crippen molar-refractivity contribution in [3.63, 3.8) is 0 Å². The zero-order valence-electron chi connectivity index (χ0n) is 12.8.